The van der Waals surface area contributed by atoms with Crippen LogP contribution in [0.15, 0.2) is 12.1 Å². The molecular formula is C17H21F3N4O2. The molecule has 1 amide bonds. The van der Waals surface area contributed by atoms with Crippen molar-refractivity contribution < 1.29 is 22.7 Å². The van der Waals surface area contributed by atoms with Gasteiger partial charge in [0, 0.05) is 37.9 Å². The number of carbonyl (C=O) groups is 1. The van der Waals surface area contributed by atoms with Crippen molar-refractivity contribution in [3.05, 3.63) is 29.2 Å². The van der Waals surface area contributed by atoms with Gasteiger partial charge in [0.2, 0.25) is 5.91 Å². The topological polar surface area (TPSA) is 59.7 Å². The predicted molar refractivity (Wildman–Crippen MR) is 87.8 cm³/mol. The number of fused-ring (bicyclic) bond motifs is 1. The Kier molecular flexibility index (Phi) is 5.17. The van der Waals surface area contributed by atoms with Crippen molar-refractivity contribution in [2.24, 2.45) is 0 Å². The predicted octanol–water partition coefficient (Wildman–Crippen LogP) is 2.66. The van der Waals surface area contributed by atoms with Gasteiger partial charge in [-0.05, 0) is 25.3 Å². The Morgan fingerprint density at radius 2 is 2.00 bits per heavy atom. The summed E-state index contributed by atoms with van der Waals surface area (Å²) in [5, 5.41) is 4.19. The number of alkyl halides is 3. The number of ether oxygens (including phenoxy) is 1. The molecule has 1 aliphatic rings. The second kappa shape index (κ2) is 7.22. The van der Waals surface area contributed by atoms with Crippen molar-refractivity contribution in [3.63, 3.8) is 0 Å². The third-order valence-corrected chi connectivity index (χ3v) is 4.69. The summed E-state index contributed by atoms with van der Waals surface area (Å²) in [6.45, 7) is 2.89. The molecule has 0 saturated carbocycles. The molecule has 6 nitrogen and oxygen atoms in total. The Bertz CT molecular complexity index is 795. The Morgan fingerprint density at radius 3 is 2.58 bits per heavy atom. The lowest BCUT2D eigenvalue weighted by molar-refractivity contribution is -0.142. The number of piperidine rings is 1. The summed E-state index contributed by atoms with van der Waals surface area (Å²) in [7, 11) is 1.47. The third-order valence-electron chi connectivity index (χ3n) is 4.69. The molecule has 9 heteroatoms. The summed E-state index contributed by atoms with van der Waals surface area (Å²) in [6, 6.07) is 2.68. The molecule has 142 valence electrons. The highest BCUT2D eigenvalue weighted by atomic mass is 19.4. The minimum atomic E-state index is -4.50. The van der Waals surface area contributed by atoms with E-state index in [1.165, 1.54) is 7.11 Å². The standard InChI is InChI=1S/C17H21F3N4O2/c1-3-12-8-14(17(18,19)20)24-15(21-12)9-13(22-24)11-4-6-23(7-5-11)16(25)10-26-2/h8-9,11H,3-7,10H2,1-2H3. The van der Waals surface area contributed by atoms with Crippen molar-refractivity contribution >= 4 is 11.6 Å². The molecule has 2 aromatic heterocycles. The van der Waals surface area contributed by atoms with E-state index in [2.05, 4.69) is 10.1 Å². The van der Waals surface area contributed by atoms with E-state index >= 15 is 0 Å². The van der Waals surface area contributed by atoms with Gasteiger partial charge in [-0.3, -0.25) is 4.79 Å². The number of rotatable bonds is 4. The number of halogens is 3. The van der Waals surface area contributed by atoms with Crippen LogP contribution in [-0.4, -0.2) is 52.2 Å². The minimum absolute atomic E-state index is 0.00875. The molecule has 3 rings (SSSR count). The zero-order chi connectivity index (χ0) is 18.9. The second-order valence-corrected chi connectivity index (χ2v) is 6.41. The Hall–Kier alpha value is -2.16. The van der Waals surface area contributed by atoms with Gasteiger partial charge in [-0.25, -0.2) is 9.50 Å². The Balaban J connectivity index is 1.85. The fourth-order valence-electron chi connectivity index (χ4n) is 3.27. The van der Waals surface area contributed by atoms with Gasteiger partial charge in [-0.2, -0.15) is 18.3 Å². The lowest BCUT2D eigenvalue weighted by Gasteiger charge is -2.31. The number of methoxy groups -OCH3 is 1. The van der Waals surface area contributed by atoms with Gasteiger partial charge in [0.15, 0.2) is 5.65 Å². The maximum Gasteiger partial charge on any atom is 0.433 e. The first-order valence-corrected chi connectivity index (χ1v) is 8.57. The molecule has 3 heterocycles. The Morgan fingerprint density at radius 1 is 1.31 bits per heavy atom. The smallest absolute Gasteiger partial charge is 0.375 e. The lowest BCUT2D eigenvalue weighted by atomic mass is 9.93. The molecule has 0 radical (unpaired) electrons. The number of aromatic nitrogens is 3. The summed E-state index contributed by atoms with van der Waals surface area (Å²) in [4.78, 5) is 17.8. The van der Waals surface area contributed by atoms with E-state index in [0.29, 0.717) is 43.7 Å². The molecule has 0 spiro atoms. The highest BCUT2D eigenvalue weighted by Gasteiger charge is 2.35. The minimum Gasteiger partial charge on any atom is -0.375 e. The van der Waals surface area contributed by atoms with Gasteiger partial charge in [0.25, 0.3) is 0 Å². The number of amides is 1. The van der Waals surface area contributed by atoms with Gasteiger partial charge in [-0.15, -0.1) is 0 Å². The zero-order valence-electron chi connectivity index (χ0n) is 14.7. The van der Waals surface area contributed by atoms with Crippen LogP contribution in [0.3, 0.4) is 0 Å². The fourth-order valence-corrected chi connectivity index (χ4v) is 3.27. The van der Waals surface area contributed by atoms with Crippen molar-refractivity contribution in [1.82, 2.24) is 19.5 Å². The van der Waals surface area contributed by atoms with Gasteiger partial charge in [0.1, 0.15) is 12.3 Å². The van der Waals surface area contributed by atoms with Crippen LogP contribution in [0.4, 0.5) is 13.2 Å². The molecule has 0 N–H and O–H groups in total. The van der Waals surface area contributed by atoms with E-state index < -0.39 is 11.9 Å². The summed E-state index contributed by atoms with van der Waals surface area (Å²) < 4.78 is 45.8. The molecule has 0 aliphatic carbocycles. The van der Waals surface area contributed by atoms with Crippen molar-refractivity contribution in [2.75, 3.05) is 26.8 Å². The molecule has 2 aromatic rings. The number of hydrogen-bond acceptors (Lipinski definition) is 4. The summed E-state index contributed by atoms with van der Waals surface area (Å²) in [6.07, 6.45) is -2.77. The normalized spacial score (nSPS) is 16.4. The number of carbonyl (C=O) groups excluding carboxylic acids is 1. The average molecular weight is 370 g/mol. The van der Waals surface area contributed by atoms with E-state index in [0.717, 1.165) is 10.6 Å². The first-order chi connectivity index (χ1) is 12.3. The first kappa shape index (κ1) is 18.6. The molecule has 1 fully saturated rings. The average Bonchev–Trinajstić information content (AvgIpc) is 3.04. The van der Waals surface area contributed by atoms with E-state index in [-0.39, 0.29) is 24.1 Å². The number of hydrogen-bond donors (Lipinski definition) is 0. The van der Waals surface area contributed by atoms with Gasteiger partial charge < -0.3 is 9.64 Å². The molecule has 1 saturated heterocycles. The van der Waals surface area contributed by atoms with Crippen LogP contribution in [0.2, 0.25) is 0 Å². The summed E-state index contributed by atoms with van der Waals surface area (Å²) in [5.41, 5.74) is 0.384. The molecule has 26 heavy (non-hydrogen) atoms. The van der Waals surface area contributed by atoms with Crippen LogP contribution >= 0.6 is 0 Å². The molecule has 1 aliphatic heterocycles. The molecule has 0 unspecified atom stereocenters. The van der Waals surface area contributed by atoms with Gasteiger partial charge in [0.05, 0.1) is 5.69 Å². The quantitative estimate of drug-likeness (QED) is 0.830. The van der Waals surface area contributed by atoms with Crippen LogP contribution in [0.1, 0.15) is 42.8 Å². The number of aryl methyl sites for hydroxylation is 1. The maximum atomic E-state index is 13.4. The molecule has 0 atom stereocenters. The molecule has 0 aromatic carbocycles. The van der Waals surface area contributed by atoms with Crippen LogP contribution in [0.25, 0.3) is 5.65 Å². The van der Waals surface area contributed by atoms with Crippen LogP contribution in [0, 0.1) is 0 Å². The zero-order valence-corrected chi connectivity index (χ0v) is 14.7. The van der Waals surface area contributed by atoms with E-state index in [1.54, 1.807) is 17.9 Å². The monoisotopic (exact) mass is 370 g/mol. The maximum absolute atomic E-state index is 13.4. The van der Waals surface area contributed by atoms with Crippen molar-refractivity contribution in [2.45, 2.75) is 38.3 Å². The molecular weight excluding hydrogens is 349 g/mol. The van der Waals surface area contributed by atoms with Gasteiger partial charge in [-0.1, -0.05) is 6.92 Å². The SMILES string of the molecule is CCc1cc(C(F)(F)F)n2nc(C3CCN(C(=O)COC)CC3)cc2n1. The molecule has 0 bridgehead atoms. The fraction of sp³-hybridized carbons (Fsp3) is 0.588. The highest BCUT2D eigenvalue weighted by molar-refractivity contribution is 5.77. The highest BCUT2D eigenvalue weighted by Crippen LogP contribution is 2.32. The van der Waals surface area contributed by atoms with Crippen LogP contribution in [0.5, 0.6) is 0 Å². The first-order valence-electron chi connectivity index (χ1n) is 8.57. The second-order valence-electron chi connectivity index (χ2n) is 6.41. The van der Waals surface area contributed by atoms with Crippen LogP contribution < -0.4 is 0 Å². The third kappa shape index (κ3) is 3.67. The largest absolute Gasteiger partial charge is 0.433 e. The van der Waals surface area contributed by atoms with Crippen molar-refractivity contribution in [1.29, 1.82) is 0 Å². The van der Waals surface area contributed by atoms with E-state index in [9.17, 15) is 18.0 Å². The lowest BCUT2D eigenvalue weighted by Crippen LogP contribution is -2.39. The van der Waals surface area contributed by atoms with E-state index in [4.69, 9.17) is 4.74 Å². The Labute approximate surface area is 148 Å². The van der Waals surface area contributed by atoms with Crippen molar-refractivity contribution in [3.8, 4) is 0 Å². The number of nitrogens with zero attached hydrogens (tertiary/aromatic N) is 4. The summed E-state index contributed by atoms with van der Waals surface area (Å²) >= 11 is 0. The summed E-state index contributed by atoms with van der Waals surface area (Å²) in [5.74, 6) is -0.0657. The van der Waals surface area contributed by atoms with Gasteiger partial charge >= 0.3 is 6.18 Å². The van der Waals surface area contributed by atoms with Crippen LogP contribution in [-0.2, 0) is 22.1 Å². The number of likely N-dealkylation sites (tertiary alicyclic amines) is 1. The van der Waals surface area contributed by atoms with E-state index in [1.807, 2.05) is 0 Å².